The maximum Gasteiger partial charge on any atom is 0.340 e. The summed E-state index contributed by atoms with van der Waals surface area (Å²) in [5, 5.41) is 0. The molecule has 1 aromatic carbocycles. The van der Waals surface area contributed by atoms with E-state index in [-0.39, 0.29) is 35.1 Å². The van der Waals surface area contributed by atoms with E-state index in [2.05, 4.69) is 4.90 Å². The lowest BCUT2D eigenvalue weighted by Crippen LogP contribution is -2.44. The summed E-state index contributed by atoms with van der Waals surface area (Å²) < 4.78 is 33.3. The smallest absolute Gasteiger partial charge is 0.340 e. The average Bonchev–Trinajstić information content (AvgIpc) is 3.32. The highest BCUT2D eigenvalue weighted by Gasteiger charge is 2.30. The third-order valence-electron chi connectivity index (χ3n) is 6.31. The van der Waals surface area contributed by atoms with Crippen molar-refractivity contribution in [2.75, 3.05) is 37.7 Å². The Morgan fingerprint density at radius 1 is 0.939 bits per heavy atom. The van der Waals surface area contributed by atoms with E-state index in [1.54, 1.807) is 17.0 Å². The first-order valence-electron chi connectivity index (χ1n) is 12.0. The molecule has 2 aliphatic rings. The van der Waals surface area contributed by atoms with Gasteiger partial charge < -0.3 is 14.5 Å². The Bertz CT molecular complexity index is 941. The minimum Gasteiger partial charge on any atom is -0.452 e. The molecule has 3 rings (SSSR count). The number of carbonyl (C=O) groups excluding carboxylic acids is 2. The Morgan fingerprint density at radius 2 is 1.52 bits per heavy atom. The first-order valence-corrected chi connectivity index (χ1v) is 13.4. The molecule has 0 radical (unpaired) electrons. The summed E-state index contributed by atoms with van der Waals surface area (Å²) in [5.41, 5.74) is 0.857. The summed E-state index contributed by atoms with van der Waals surface area (Å²) in [6, 6.07) is 4.67. The number of anilines is 1. The Balaban J connectivity index is 1.86. The highest BCUT2D eigenvalue weighted by Crippen LogP contribution is 2.30. The number of amides is 1. The SMILES string of the molecule is CC(C)N(C(=O)COC(=O)c1cc(S(=O)(=O)N2CCCCC2)ccc1N1CCCC1)C(C)C. The summed E-state index contributed by atoms with van der Waals surface area (Å²) in [6.07, 6.45) is 4.72. The number of piperidine rings is 1. The molecular weight excluding hydrogens is 442 g/mol. The number of benzene rings is 1. The maximum absolute atomic E-state index is 13.2. The van der Waals surface area contributed by atoms with Crippen molar-refractivity contribution in [1.29, 1.82) is 0 Å². The van der Waals surface area contributed by atoms with Crippen LogP contribution in [0.2, 0.25) is 0 Å². The lowest BCUT2D eigenvalue weighted by Gasteiger charge is -2.30. The van der Waals surface area contributed by atoms with Crippen LogP contribution >= 0.6 is 0 Å². The second-order valence-corrected chi connectivity index (χ2v) is 11.3. The highest BCUT2D eigenvalue weighted by molar-refractivity contribution is 7.89. The molecule has 0 saturated carbocycles. The van der Waals surface area contributed by atoms with Gasteiger partial charge in [0.1, 0.15) is 0 Å². The average molecular weight is 480 g/mol. The van der Waals surface area contributed by atoms with E-state index in [1.165, 1.54) is 10.4 Å². The zero-order chi connectivity index (χ0) is 24.2. The Labute approximate surface area is 197 Å². The summed E-state index contributed by atoms with van der Waals surface area (Å²) in [4.78, 5) is 29.6. The molecule has 184 valence electrons. The second-order valence-electron chi connectivity index (χ2n) is 9.40. The van der Waals surface area contributed by atoms with E-state index in [4.69, 9.17) is 4.74 Å². The third-order valence-corrected chi connectivity index (χ3v) is 8.21. The second kappa shape index (κ2) is 10.9. The molecule has 1 aromatic rings. The van der Waals surface area contributed by atoms with E-state index < -0.39 is 16.0 Å². The van der Waals surface area contributed by atoms with Gasteiger partial charge in [-0.15, -0.1) is 0 Å². The van der Waals surface area contributed by atoms with Crippen molar-refractivity contribution in [3.8, 4) is 0 Å². The number of esters is 1. The van der Waals surface area contributed by atoms with Gasteiger partial charge in [0.2, 0.25) is 10.0 Å². The molecule has 8 nitrogen and oxygen atoms in total. The minimum absolute atomic E-state index is 0.0191. The van der Waals surface area contributed by atoms with E-state index in [1.807, 2.05) is 27.7 Å². The van der Waals surface area contributed by atoms with Crippen LogP contribution in [0.4, 0.5) is 5.69 Å². The molecule has 0 aliphatic carbocycles. The maximum atomic E-state index is 13.2. The number of hydrogen-bond donors (Lipinski definition) is 0. The van der Waals surface area contributed by atoms with Crippen molar-refractivity contribution in [2.24, 2.45) is 0 Å². The number of carbonyl (C=O) groups is 2. The molecule has 0 atom stereocenters. The fourth-order valence-corrected chi connectivity index (χ4v) is 6.32. The van der Waals surface area contributed by atoms with Crippen LogP contribution in [0.5, 0.6) is 0 Å². The van der Waals surface area contributed by atoms with Gasteiger partial charge in [0.25, 0.3) is 5.91 Å². The van der Waals surface area contributed by atoms with Crippen LogP contribution in [-0.2, 0) is 19.6 Å². The zero-order valence-electron chi connectivity index (χ0n) is 20.2. The Hall–Kier alpha value is -2.13. The normalized spacial score (nSPS) is 17.6. The van der Waals surface area contributed by atoms with E-state index >= 15 is 0 Å². The van der Waals surface area contributed by atoms with Crippen LogP contribution in [0.15, 0.2) is 23.1 Å². The van der Waals surface area contributed by atoms with Crippen LogP contribution in [0, 0.1) is 0 Å². The standard InChI is InChI=1S/C24H37N3O5S/c1-18(2)27(19(3)4)23(28)17-32-24(29)21-16-20(10-11-22(21)25-12-8-9-13-25)33(30,31)26-14-6-5-7-15-26/h10-11,16,18-19H,5-9,12-15,17H2,1-4H3. The Morgan fingerprint density at radius 3 is 2.09 bits per heavy atom. The fourth-order valence-electron chi connectivity index (χ4n) is 4.78. The summed E-state index contributed by atoms with van der Waals surface area (Å²) in [5.74, 6) is -0.943. The van der Waals surface area contributed by atoms with Gasteiger partial charge in [-0.1, -0.05) is 6.42 Å². The molecule has 2 heterocycles. The van der Waals surface area contributed by atoms with Gasteiger partial charge in [0.05, 0.1) is 16.1 Å². The summed E-state index contributed by atoms with van der Waals surface area (Å²) in [7, 11) is -3.69. The van der Waals surface area contributed by atoms with Gasteiger partial charge >= 0.3 is 5.97 Å². The molecule has 2 aliphatic heterocycles. The van der Waals surface area contributed by atoms with Crippen molar-refractivity contribution < 1.29 is 22.7 Å². The van der Waals surface area contributed by atoms with Gasteiger partial charge in [-0.05, 0) is 71.6 Å². The predicted molar refractivity (Wildman–Crippen MR) is 128 cm³/mol. The number of hydrogen-bond acceptors (Lipinski definition) is 6. The predicted octanol–water partition coefficient (Wildman–Crippen LogP) is 3.26. The molecule has 0 aromatic heterocycles. The summed E-state index contributed by atoms with van der Waals surface area (Å²) in [6.45, 7) is 9.87. The molecule has 0 unspecified atom stereocenters. The van der Waals surface area contributed by atoms with Crippen LogP contribution in [0.1, 0.15) is 70.2 Å². The van der Waals surface area contributed by atoms with Crippen molar-refractivity contribution in [3.63, 3.8) is 0 Å². The first kappa shape index (κ1) is 25.5. The van der Waals surface area contributed by atoms with Crippen LogP contribution < -0.4 is 4.90 Å². The topological polar surface area (TPSA) is 87.2 Å². The molecule has 0 bridgehead atoms. The fraction of sp³-hybridized carbons (Fsp3) is 0.667. The van der Waals surface area contributed by atoms with Crippen molar-refractivity contribution in [3.05, 3.63) is 23.8 Å². The molecule has 0 spiro atoms. The highest BCUT2D eigenvalue weighted by atomic mass is 32.2. The van der Waals surface area contributed by atoms with Crippen molar-refractivity contribution in [1.82, 2.24) is 9.21 Å². The largest absolute Gasteiger partial charge is 0.452 e. The van der Waals surface area contributed by atoms with Gasteiger partial charge in [-0.25, -0.2) is 13.2 Å². The first-order chi connectivity index (χ1) is 15.6. The Kier molecular flexibility index (Phi) is 8.39. The lowest BCUT2D eigenvalue weighted by molar-refractivity contribution is -0.138. The molecular formula is C24H37N3O5S. The monoisotopic (exact) mass is 479 g/mol. The number of sulfonamides is 1. The zero-order valence-corrected chi connectivity index (χ0v) is 21.1. The molecule has 2 saturated heterocycles. The minimum atomic E-state index is -3.69. The molecule has 2 fully saturated rings. The molecule has 0 N–H and O–H groups in total. The quantitative estimate of drug-likeness (QED) is 0.532. The molecule has 33 heavy (non-hydrogen) atoms. The van der Waals surface area contributed by atoms with Gasteiger partial charge in [-0.2, -0.15) is 4.31 Å². The third kappa shape index (κ3) is 5.87. The van der Waals surface area contributed by atoms with Crippen LogP contribution in [-0.4, -0.2) is 74.4 Å². The van der Waals surface area contributed by atoms with Gasteiger partial charge in [0.15, 0.2) is 6.61 Å². The van der Waals surface area contributed by atoms with Crippen molar-refractivity contribution in [2.45, 2.75) is 76.8 Å². The number of nitrogens with zero attached hydrogens (tertiary/aromatic N) is 3. The lowest BCUT2D eigenvalue weighted by atomic mass is 10.1. The van der Waals surface area contributed by atoms with Gasteiger partial charge in [0, 0.05) is 38.3 Å². The molecule has 9 heteroatoms. The number of rotatable bonds is 8. The summed E-state index contributed by atoms with van der Waals surface area (Å²) >= 11 is 0. The van der Waals surface area contributed by atoms with Crippen molar-refractivity contribution >= 4 is 27.6 Å². The van der Waals surface area contributed by atoms with E-state index in [0.717, 1.165) is 45.2 Å². The molecule has 1 amide bonds. The van der Waals surface area contributed by atoms with Crippen LogP contribution in [0.3, 0.4) is 0 Å². The van der Waals surface area contributed by atoms with Crippen LogP contribution in [0.25, 0.3) is 0 Å². The van der Waals surface area contributed by atoms with E-state index in [9.17, 15) is 18.0 Å². The number of ether oxygens (including phenoxy) is 1. The van der Waals surface area contributed by atoms with Gasteiger partial charge in [-0.3, -0.25) is 4.79 Å². The van der Waals surface area contributed by atoms with E-state index in [0.29, 0.717) is 18.8 Å².